The van der Waals surface area contributed by atoms with Crippen LogP contribution in [0.2, 0.25) is 0 Å². The smallest absolute Gasteiger partial charge is 0.407 e. The topological polar surface area (TPSA) is 95.9 Å². The Kier molecular flexibility index (Phi) is 6.50. The first-order valence-corrected chi connectivity index (χ1v) is 12.6. The van der Waals surface area contributed by atoms with E-state index in [0.29, 0.717) is 12.8 Å². The summed E-state index contributed by atoms with van der Waals surface area (Å²) in [6.45, 7) is 2.24. The van der Waals surface area contributed by atoms with Gasteiger partial charge in [-0.3, -0.25) is 9.59 Å². The highest BCUT2D eigenvalue weighted by Gasteiger charge is 2.51. The van der Waals surface area contributed by atoms with Crippen molar-refractivity contribution < 1.29 is 24.2 Å². The first-order chi connectivity index (χ1) is 17.0. The molecule has 2 aromatic carbocycles. The van der Waals surface area contributed by atoms with E-state index >= 15 is 0 Å². The predicted octanol–water partition coefficient (Wildman–Crippen LogP) is 4.55. The number of hydrogen-bond donors (Lipinski definition) is 2. The molecule has 4 atom stereocenters. The van der Waals surface area contributed by atoms with Crippen molar-refractivity contribution in [3.63, 3.8) is 0 Å². The maximum atomic E-state index is 13.1. The van der Waals surface area contributed by atoms with Gasteiger partial charge in [-0.2, -0.15) is 0 Å². The summed E-state index contributed by atoms with van der Waals surface area (Å²) < 4.78 is 5.67. The lowest BCUT2D eigenvalue weighted by molar-refractivity contribution is -0.143. The van der Waals surface area contributed by atoms with Crippen molar-refractivity contribution >= 4 is 18.0 Å². The molecule has 184 valence electrons. The largest absolute Gasteiger partial charge is 0.481 e. The van der Waals surface area contributed by atoms with Gasteiger partial charge >= 0.3 is 12.1 Å². The molecule has 35 heavy (non-hydrogen) atoms. The molecule has 3 aliphatic rings. The van der Waals surface area contributed by atoms with Crippen LogP contribution in [0.1, 0.15) is 62.5 Å². The number of rotatable bonds is 8. The third-order valence-electron chi connectivity index (χ3n) is 7.87. The fourth-order valence-electron chi connectivity index (χ4n) is 6.34. The van der Waals surface area contributed by atoms with Crippen molar-refractivity contribution in [3.05, 3.63) is 59.7 Å². The fraction of sp³-hybridized carbons (Fsp3) is 0.464. The summed E-state index contributed by atoms with van der Waals surface area (Å²) in [7, 11) is 0. The van der Waals surface area contributed by atoms with Crippen LogP contribution in [-0.2, 0) is 14.3 Å². The van der Waals surface area contributed by atoms with E-state index in [9.17, 15) is 19.5 Å². The average Bonchev–Trinajstić information content (AvgIpc) is 3.53. The molecule has 0 saturated carbocycles. The number of benzene rings is 2. The lowest BCUT2D eigenvalue weighted by Gasteiger charge is -2.26. The van der Waals surface area contributed by atoms with Crippen LogP contribution in [0, 0.1) is 5.92 Å². The Labute approximate surface area is 205 Å². The molecule has 2 N–H and O–H groups in total. The second-order valence-corrected chi connectivity index (χ2v) is 9.94. The highest BCUT2D eigenvalue weighted by molar-refractivity contribution is 5.82. The van der Waals surface area contributed by atoms with Gasteiger partial charge in [0.25, 0.3) is 0 Å². The number of carbonyl (C=O) groups excluding carboxylic acids is 2. The van der Waals surface area contributed by atoms with Crippen molar-refractivity contribution in [1.82, 2.24) is 10.2 Å². The molecular weight excluding hydrogens is 444 g/mol. The van der Waals surface area contributed by atoms with Gasteiger partial charge in [-0.1, -0.05) is 61.9 Å². The number of carbonyl (C=O) groups is 3. The predicted molar refractivity (Wildman–Crippen MR) is 131 cm³/mol. The van der Waals surface area contributed by atoms with Crippen LogP contribution in [0.4, 0.5) is 4.79 Å². The Morgan fingerprint density at radius 3 is 2.31 bits per heavy atom. The van der Waals surface area contributed by atoms with Crippen LogP contribution in [0.25, 0.3) is 11.1 Å². The molecule has 2 bridgehead atoms. The lowest BCUT2D eigenvalue weighted by atomic mass is 9.89. The molecule has 2 aliphatic heterocycles. The molecule has 2 amide bonds. The van der Waals surface area contributed by atoms with Gasteiger partial charge in [0.05, 0.1) is 5.92 Å². The van der Waals surface area contributed by atoms with Crippen LogP contribution >= 0.6 is 0 Å². The number of nitrogens with zero attached hydrogens (tertiary/aromatic N) is 1. The molecule has 0 unspecified atom stereocenters. The summed E-state index contributed by atoms with van der Waals surface area (Å²) in [5.74, 6) is -1.39. The molecule has 1 aliphatic carbocycles. The quantitative estimate of drug-likeness (QED) is 0.583. The summed E-state index contributed by atoms with van der Waals surface area (Å²) in [6, 6.07) is 15.8. The van der Waals surface area contributed by atoms with E-state index in [-0.39, 0.29) is 43.0 Å². The van der Waals surface area contributed by atoms with Crippen LogP contribution in [0.3, 0.4) is 0 Å². The molecule has 0 aromatic heterocycles. The summed E-state index contributed by atoms with van der Waals surface area (Å²) in [6.07, 6.45) is 3.24. The van der Waals surface area contributed by atoms with Crippen molar-refractivity contribution in [3.8, 4) is 11.1 Å². The molecule has 2 fully saturated rings. The zero-order valence-electron chi connectivity index (χ0n) is 20.0. The number of carboxylic acid groups (broad SMARTS) is 1. The second-order valence-electron chi connectivity index (χ2n) is 9.94. The SMILES string of the molecule is CCC[C@H](CC(=O)N1[C@@H]2CC[C@H]1[C@@H](C(=O)O)C2)NC(=O)OCC1c2ccccc2-c2ccccc21. The van der Waals surface area contributed by atoms with E-state index in [1.165, 1.54) is 11.1 Å². The summed E-state index contributed by atoms with van der Waals surface area (Å²) in [4.78, 5) is 39.2. The van der Waals surface area contributed by atoms with Crippen molar-refractivity contribution in [2.75, 3.05) is 6.61 Å². The van der Waals surface area contributed by atoms with Gasteiger partial charge in [0.1, 0.15) is 6.61 Å². The fourth-order valence-corrected chi connectivity index (χ4v) is 6.34. The van der Waals surface area contributed by atoms with E-state index < -0.39 is 18.0 Å². The third kappa shape index (κ3) is 4.40. The highest BCUT2D eigenvalue weighted by Crippen LogP contribution is 2.45. The Bertz CT molecular complexity index is 1090. The molecule has 2 aromatic rings. The minimum atomic E-state index is -0.822. The van der Waals surface area contributed by atoms with Crippen LogP contribution < -0.4 is 5.32 Å². The molecule has 2 saturated heterocycles. The average molecular weight is 477 g/mol. The van der Waals surface area contributed by atoms with Gasteiger partial charge in [-0.15, -0.1) is 0 Å². The lowest BCUT2D eigenvalue weighted by Crippen LogP contribution is -2.43. The standard InChI is InChI=1S/C28H32N2O5/c1-2-7-17(14-26(31)30-18-12-13-25(30)23(15-18)27(32)33)29-28(34)35-16-24-21-10-5-3-8-19(21)20-9-4-6-11-22(20)24/h3-6,8-11,17-18,23-25H,2,7,12-16H2,1H3,(H,29,34)(H,32,33)/t17-,18-,23+,25+/m1/s1. The summed E-state index contributed by atoms with van der Waals surface area (Å²) >= 11 is 0. The minimum Gasteiger partial charge on any atom is -0.481 e. The first-order valence-electron chi connectivity index (χ1n) is 12.6. The molecule has 5 rings (SSSR count). The number of carboxylic acids is 1. The third-order valence-corrected chi connectivity index (χ3v) is 7.87. The summed E-state index contributed by atoms with van der Waals surface area (Å²) in [5, 5.41) is 12.4. The number of amides is 2. The number of fused-ring (bicyclic) bond motifs is 5. The van der Waals surface area contributed by atoms with Crippen molar-refractivity contribution in [1.29, 1.82) is 0 Å². The van der Waals surface area contributed by atoms with Crippen LogP contribution in [-0.4, -0.2) is 52.7 Å². The van der Waals surface area contributed by atoms with Crippen LogP contribution in [0.15, 0.2) is 48.5 Å². The van der Waals surface area contributed by atoms with Crippen molar-refractivity contribution in [2.45, 2.75) is 69.5 Å². The van der Waals surface area contributed by atoms with Crippen molar-refractivity contribution in [2.24, 2.45) is 5.92 Å². The Morgan fingerprint density at radius 1 is 1.06 bits per heavy atom. The monoisotopic (exact) mass is 476 g/mol. The van der Waals surface area contributed by atoms with E-state index in [0.717, 1.165) is 30.4 Å². The second kappa shape index (κ2) is 9.72. The molecule has 0 spiro atoms. The maximum absolute atomic E-state index is 13.1. The summed E-state index contributed by atoms with van der Waals surface area (Å²) in [5.41, 5.74) is 4.65. The molecule has 0 radical (unpaired) electrons. The normalized spacial score (nSPS) is 23.0. The number of hydrogen-bond acceptors (Lipinski definition) is 4. The highest BCUT2D eigenvalue weighted by atomic mass is 16.5. The van der Waals surface area contributed by atoms with E-state index in [2.05, 4.69) is 29.6 Å². The number of aliphatic carboxylic acids is 1. The molecule has 7 heteroatoms. The molecular formula is C28H32N2O5. The van der Waals surface area contributed by atoms with Gasteiger partial charge < -0.3 is 20.1 Å². The first kappa shape index (κ1) is 23.4. The Balaban J connectivity index is 1.20. The zero-order valence-corrected chi connectivity index (χ0v) is 20.0. The minimum absolute atomic E-state index is 0.00494. The number of ether oxygens (including phenoxy) is 1. The number of alkyl carbamates (subject to hydrolysis) is 1. The Morgan fingerprint density at radius 2 is 1.71 bits per heavy atom. The molecule has 7 nitrogen and oxygen atoms in total. The van der Waals surface area contributed by atoms with Crippen LogP contribution in [0.5, 0.6) is 0 Å². The van der Waals surface area contributed by atoms with Gasteiger partial charge in [0, 0.05) is 30.5 Å². The van der Waals surface area contributed by atoms with E-state index in [1.54, 1.807) is 4.90 Å². The number of nitrogens with one attached hydrogen (secondary N) is 1. The zero-order chi connectivity index (χ0) is 24.5. The van der Waals surface area contributed by atoms with E-state index in [4.69, 9.17) is 4.74 Å². The Hall–Kier alpha value is -3.35. The van der Waals surface area contributed by atoms with Gasteiger partial charge in [-0.05, 0) is 47.9 Å². The van der Waals surface area contributed by atoms with Gasteiger partial charge in [0.2, 0.25) is 5.91 Å². The van der Waals surface area contributed by atoms with E-state index in [1.807, 2.05) is 31.2 Å². The van der Waals surface area contributed by atoms with Gasteiger partial charge in [-0.25, -0.2) is 4.79 Å². The van der Waals surface area contributed by atoms with Gasteiger partial charge in [0.15, 0.2) is 0 Å². The molecule has 2 heterocycles. The maximum Gasteiger partial charge on any atom is 0.407 e.